The Kier molecular flexibility index (Phi) is 5.33. The van der Waals surface area contributed by atoms with Gasteiger partial charge in [-0.05, 0) is 42.0 Å². The standard InChI is InChI=1S/C33H24N4O/c1-2-34-24-17-18-27-26(20-24)29-28(38-27)19-23-15-9-10-16-25(23)30(29)33-36-31(21-11-5-3-6-12-21)35-32(37-33)22-13-7-4-8-14-22/h3-20,34H,2H2,1H3. The molecule has 5 aromatic carbocycles. The van der Waals surface area contributed by atoms with Crippen LogP contribution >= 0.6 is 0 Å². The summed E-state index contributed by atoms with van der Waals surface area (Å²) in [6.45, 7) is 2.93. The van der Waals surface area contributed by atoms with Gasteiger partial charge in [0.1, 0.15) is 11.2 Å². The van der Waals surface area contributed by atoms with Gasteiger partial charge in [-0.2, -0.15) is 0 Å². The zero-order chi connectivity index (χ0) is 25.5. The maximum Gasteiger partial charge on any atom is 0.165 e. The van der Waals surface area contributed by atoms with Gasteiger partial charge in [0.25, 0.3) is 0 Å². The first kappa shape index (κ1) is 22.2. The Morgan fingerprint density at radius 2 is 1.24 bits per heavy atom. The Balaban J connectivity index is 1.60. The summed E-state index contributed by atoms with van der Waals surface area (Å²) in [6, 6.07) is 36.8. The molecule has 2 heterocycles. The number of furan rings is 1. The van der Waals surface area contributed by atoms with E-state index in [4.69, 9.17) is 19.4 Å². The highest BCUT2D eigenvalue weighted by molar-refractivity contribution is 6.20. The lowest BCUT2D eigenvalue weighted by Crippen LogP contribution is -2.01. The van der Waals surface area contributed by atoms with Gasteiger partial charge in [-0.1, -0.05) is 84.9 Å². The first-order valence-electron chi connectivity index (χ1n) is 12.8. The molecular formula is C33H24N4O. The third kappa shape index (κ3) is 3.76. The lowest BCUT2D eigenvalue weighted by atomic mass is 9.97. The van der Waals surface area contributed by atoms with Crippen LogP contribution in [0, 0.1) is 0 Å². The van der Waals surface area contributed by atoms with Gasteiger partial charge in [0.15, 0.2) is 17.5 Å². The van der Waals surface area contributed by atoms with Crippen molar-refractivity contribution in [1.82, 2.24) is 15.0 Å². The van der Waals surface area contributed by atoms with Crippen LogP contribution < -0.4 is 5.32 Å². The van der Waals surface area contributed by atoms with E-state index < -0.39 is 0 Å². The van der Waals surface area contributed by atoms with Crippen LogP contribution in [-0.4, -0.2) is 21.5 Å². The number of hydrogen-bond donors (Lipinski definition) is 1. The minimum absolute atomic E-state index is 0.621. The van der Waals surface area contributed by atoms with Crippen molar-refractivity contribution >= 4 is 38.4 Å². The summed E-state index contributed by atoms with van der Waals surface area (Å²) < 4.78 is 6.39. The summed E-state index contributed by atoms with van der Waals surface area (Å²) >= 11 is 0. The minimum atomic E-state index is 0.621. The number of rotatable bonds is 5. The van der Waals surface area contributed by atoms with E-state index in [1.54, 1.807) is 0 Å². The molecule has 0 fully saturated rings. The maximum absolute atomic E-state index is 6.39. The molecule has 0 radical (unpaired) electrons. The summed E-state index contributed by atoms with van der Waals surface area (Å²) in [7, 11) is 0. The van der Waals surface area contributed by atoms with E-state index in [0.717, 1.165) is 61.6 Å². The lowest BCUT2D eigenvalue weighted by molar-refractivity contribution is 0.669. The summed E-state index contributed by atoms with van der Waals surface area (Å²) in [5, 5.41) is 7.60. The predicted octanol–water partition coefficient (Wildman–Crippen LogP) is 8.36. The molecule has 2 aromatic heterocycles. The fraction of sp³-hybridized carbons (Fsp3) is 0.0606. The summed E-state index contributed by atoms with van der Waals surface area (Å²) in [5.41, 5.74) is 5.52. The Morgan fingerprint density at radius 3 is 1.92 bits per heavy atom. The monoisotopic (exact) mass is 492 g/mol. The van der Waals surface area contributed by atoms with Crippen LogP contribution in [0.25, 0.3) is 66.9 Å². The topological polar surface area (TPSA) is 63.8 Å². The summed E-state index contributed by atoms with van der Waals surface area (Å²) in [6.07, 6.45) is 0. The SMILES string of the molecule is CCNc1ccc2oc3cc4ccccc4c(-c4nc(-c5ccccc5)nc(-c5ccccc5)n4)c3c2c1. The smallest absolute Gasteiger partial charge is 0.165 e. The average Bonchev–Trinajstić information content (AvgIpc) is 3.34. The summed E-state index contributed by atoms with van der Waals surface area (Å²) in [5.74, 6) is 1.89. The second-order valence-electron chi connectivity index (χ2n) is 9.23. The Labute approximate surface area is 219 Å². The van der Waals surface area contributed by atoms with Gasteiger partial charge in [-0.25, -0.2) is 15.0 Å². The van der Waals surface area contributed by atoms with Gasteiger partial charge >= 0.3 is 0 Å². The first-order valence-corrected chi connectivity index (χ1v) is 12.8. The first-order chi connectivity index (χ1) is 18.8. The van der Waals surface area contributed by atoms with Crippen molar-refractivity contribution in [2.75, 3.05) is 11.9 Å². The minimum Gasteiger partial charge on any atom is -0.456 e. The highest BCUT2D eigenvalue weighted by Gasteiger charge is 2.21. The fourth-order valence-electron chi connectivity index (χ4n) is 5.07. The van der Waals surface area contributed by atoms with E-state index in [9.17, 15) is 0 Å². The maximum atomic E-state index is 6.39. The van der Waals surface area contributed by atoms with Crippen LogP contribution in [0.4, 0.5) is 5.69 Å². The van der Waals surface area contributed by atoms with Crippen LogP contribution in [0.2, 0.25) is 0 Å². The molecule has 0 unspecified atom stereocenters. The quantitative estimate of drug-likeness (QED) is 0.261. The molecule has 0 spiro atoms. The van der Waals surface area contributed by atoms with E-state index in [-0.39, 0.29) is 0 Å². The zero-order valence-electron chi connectivity index (χ0n) is 20.8. The van der Waals surface area contributed by atoms with Gasteiger partial charge in [-0.3, -0.25) is 0 Å². The van der Waals surface area contributed by atoms with Crippen molar-refractivity contribution in [2.24, 2.45) is 0 Å². The molecule has 0 aliphatic carbocycles. The number of hydrogen-bond acceptors (Lipinski definition) is 5. The van der Waals surface area contributed by atoms with Gasteiger partial charge in [0.2, 0.25) is 0 Å². The van der Waals surface area contributed by atoms with Crippen LogP contribution in [-0.2, 0) is 0 Å². The predicted molar refractivity (Wildman–Crippen MR) is 155 cm³/mol. The van der Waals surface area contributed by atoms with E-state index in [2.05, 4.69) is 48.6 Å². The number of nitrogens with zero attached hydrogens (tertiary/aromatic N) is 3. The molecule has 0 bridgehead atoms. The lowest BCUT2D eigenvalue weighted by Gasteiger charge is -2.12. The second-order valence-corrected chi connectivity index (χ2v) is 9.23. The molecule has 182 valence electrons. The van der Waals surface area contributed by atoms with Gasteiger partial charge in [-0.15, -0.1) is 0 Å². The molecule has 0 amide bonds. The number of nitrogens with one attached hydrogen (secondary N) is 1. The average molecular weight is 493 g/mol. The highest BCUT2D eigenvalue weighted by atomic mass is 16.3. The van der Waals surface area contributed by atoms with Crippen molar-refractivity contribution in [2.45, 2.75) is 6.92 Å². The molecule has 7 rings (SSSR count). The Morgan fingerprint density at radius 1 is 0.605 bits per heavy atom. The van der Waals surface area contributed by atoms with Gasteiger partial charge in [0, 0.05) is 39.7 Å². The Bertz CT molecular complexity index is 1870. The van der Waals surface area contributed by atoms with Crippen molar-refractivity contribution in [1.29, 1.82) is 0 Å². The fourth-order valence-corrected chi connectivity index (χ4v) is 5.07. The van der Waals surface area contributed by atoms with Crippen LogP contribution in [0.3, 0.4) is 0 Å². The molecule has 0 aliphatic heterocycles. The highest BCUT2D eigenvalue weighted by Crippen LogP contribution is 2.42. The molecule has 38 heavy (non-hydrogen) atoms. The molecule has 0 saturated heterocycles. The molecule has 7 aromatic rings. The normalized spacial score (nSPS) is 11.4. The molecule has 5 nitrogen and oxygen atoms in total. The van der Waals surface area contributed by atoms with Crippen molar-refractivity contribution in [3.8, 4) is 34.2 Å². The molecule has 0 atom stereocenters. The van der Waals surface area contributed by atoms with Crippen molar-refractivity contribution in [3.05, 3.63) is 109 Å². The van der Waals surface area contributed by atoms with Crippen molar-refractivity contribution in [3.63, 3.8) is 0 Å². The Hall–Kier alpha value is -5.03. The summed E-state index contributed by atoms with van der Waals surface area (Å²) in [4.78, 5) is 15.0. The largest absolute Gasteiger partial charge is 0.456 e. The number of aromatic nitrogens is 3. The van der Waals surface area contributed by atoms with E-state index in [1.807, 2.05) is 72.8 Å². The molecule has 0 saturated carbocycles. The van der Waals surface area contributed by atoms with E-state index >= 15 is 0 Å². The molecular weight excluding hydrogens is 468 g/mol. The molecule has 5 heteroatoms. The number of benzene rings is 5. The number of anilines is 1. The van der Waals surface area contributed by atoms with E-state index in [0.29, 0.717) is 17.5 Å². The van der Waals surface area contributed by atoms with Crippen LogP contribution in [0.1, 0.15) is 6.92 Å². The van der Waals surface area contributed by atoms with Crippen LogP contribution in [0.15, 0.2) is 114 Å². The number of fused-ring (bicyclic) bond motifs is 4. The zero-order valence-corrected chi connectivity index (χ0v) is 20.8. The third-order valence-electron chi connectivity index (χ3n) is 6.79. The van der Waals surface area contributed by atoms with E-state index in [1.165, 1.54) is 0 Å². The molecule has 0 aliphatic rings. The third-order valence-corrected chi connectivity index (χ3v) is 6.79. The van der Waals surface area contributed by atoms with Crippen molar-refractivity contribution < 1.29 is 4.42 Å². The van der Waals surface area contributed by atoms with Gasteiger partial charge < -0.3 is 9.73 Å². The molecule has 1 N–H and O–H groups in total. The second kappa shape index (κ2) is 9.12. The van der Waals surface area contributed by atoms with Gasteiger partial charge in [0.05, 0.1) is 0 Å². The van der Waals surface area contributed by atoms with Crippen LogP contribution in [0.5, 0.6) is 0 Å².